The van der Waals surface area contributed by atoms with E-state index in [0.29, 0.717) is 35.2 Å². The number of aliphatic carboxylic acids is 1. The zero-order valence-corrected chi connectivity index (χ0v) is 24.3. The van der Waals surface area contributed by atoms with Gasteiger partial charge in [-0.2, -0.15) is 0 Å². The third-order valence-corrected chi connectivity index (χ3v) is 8.69. The highest BCUT2D eigenvalue weighted by Crippen LogP contribution is 2.38. The predicted molar refractivity (Wildman–Crippen MR) is 150 cm³/mol. The second kappa shape index (κ2) is 11.4. The van der Waals surface area contributed by atoms with Crippen LogP contribution in [0.4, 0.5) is 9.18 Å². The molecule has 2 aromatic rings. The Morgan fingerprint density at radius 3 is 2.73 bits per heavy atom. The van der Waals surface area contributed by atoms with Crippen molar-refractivity contribution in [3.05, 3.63) is 62.5 Å². The zero-order chi connectivity index (χ0) is 29.5. The first-order valence-corrected chi connectivity index (χ1v) is 14.3. The second-order valence-corrected chi connectivity index (χ2v) is 11.9. The molecular weight excluding hydrogens is 575 g/mol. The van der Waals surface area contributed by atoms with Crippen LogP contribution in [-0.2, 0) is 14.3 Å². The number of urea groups is 1. The van der Waals surface area contributed by atoms with Gasteiger partial charge >= 0.3 is 18.0 Å². The van der Waals surface area contributed by atoms with Gasteiger partial charge in [-0.1, -0.05) is 17.7 Å². The van der Waals surface area contributed by atoms with Crippen LogP contribution < -0.4 is 5.32 Å². The van der Waals surface area contributed by atoms with E-state index in [2.05, 4.69) is 10.3 Å². The minimum atomic E-state index is -0.996. The van der Waals surface area contributed by atoms with Crippen molar-refractivity contribution < 1.29 is 28.6 Å². The Morgan fingerprint density at radius 2 is 2.10 bits per heavy atom. The number of thiazole rings is 1. The summed E-state index contributed by atoms with van der Waals surface area (Å²) in [5.74, 6) is -1.75. The summed E-state index contributed by atoms with van der Waals surface area (Å²) >= 11 is 7.80. The maximum Gasteiger partial charge on any atom is 0.338 e. The molecule has 0 aliphatic carbocycles. The number of hydrogen-bond donors (Lipinski definition) is 2. The Bertz CT molecular complexity index is 1430. The molecule has 1 aromatic heterocycles. The summed E-state index contributed by atoms with van der Waals surface area (Å²) < 4.78 is 19.1. The Balaban J connectivity index is 1.54. The summed E-state index contributed by atoms with van der Waals surface area (Å²) in [6, 6.07) is 2.74. The van der Waals surface area contributed by atoms with Gasteiger partial charge in [-0.05, 0) is 26.0 Å². The SMILES string of the molecule is COC(=O)C1=C(CN2CCN3C(=O)N(C(C)C)C[C@]3(CC(=O)O)C2)NC(c2nccs2)=N[C@H]1c1ccc(F)cc1Cl. The number of carboxylic acids is 1. The number of piperazine rings is 1. The van der Waals surface area contributed by atoms with Crippen LogP contribution in [0.5, 0.6) is 0 Å². The maximum atomic E-state index is 13.9. The van der Waals surface area contributed by atoms with Gasteiger partial charge in [-0.15, -0.1) is 11.3 Å². The van der Waals surface area contributed by atoms with Gasteiger partial charge in [0.05, 0.1) is 24.6 Å². The van der Waals surface area contributed by atoms with E-state index in [1.807, 2.05) is 18.7 Å². The molecule has 1 aromatic carbocycles. The summed E-state index contributed by atoms with van der Waals surface area (Å²) in [5, 5.41) is 15.5. The van der Waals surface area contributed by atoms with Crippen LogP contribution in [0.25, 0.3) is 0 Å². The molecule has 2 N–H and O–H groups in total. The fraction of sp³-hybridized carbons (Fsp3) is 0.444. The Hall–Kier alpha value is -3.55. The number of carbonyl (C=O) groups excluding carboxylic acids is 2. The lowest BCUT2D eigenvalue weighted by Crippen LogP contribution is -2.62. The van der Waals surface area contributed by atoms with Crippen LogP contribution in [-0.4, -0.2) is 100 Å². The van der Waals surface area contributed by atoms with Gasteiger partial charge in [0.15, 0.2) is 10.8 Å². The Morgan fingerprint density at radius 1 is 1.32 bits per heavy atom. The molecule has 11 nitrogen and oxygen atoms in total. The third-order valence-electron chi connectivity index (χ3n) is 7.58. The summed E-state index contributed by atoms with van der Waals surface area (Å²) in [7, 11) is 1.27. The minimum Gasteiger partial charge on any atom is -0.481 e. The lowest BCUT2D eigenvalue weighted by molar-refractivity contribution is -0.140. The number of aliphatic imine (C=N–C) groups is 1. The average Bonchev–Trinajstić information content (AvgIpc) is 3.54. The van der Waals surface area contributed by atoms with E-state index in [1.54, 1.807) is 21.4 Å². The summed E-state index contributed by atoms with van der Waals surface area (Å²) in [6.07, 6.45) is 1.42. The van der Waals surface area contributed by atoms with Gasteiger partial charge < -0.3 is 25.0 Å². The molecule has 2 atom stereocenters. The third kappa shape index (κ3) is 5.53. The molecule has 0 unspecified atom stereocenters. The Kier molecular flexibility index (Phi) is 8.04. The monoisotopic (exact) mass is 604 g/mol. The van der Waals surface area contributed by atoms with Gasteiger partial charge in [0.1, 0.15) is 11.9 Å². The molecular formula is C27H30ClFN6O5S. The number of esters is 1. The smallest absolute Gasteiger partial charge is 0.338 e. The number of nitrogens with zero attached hydrogens (tertiary/aromatic N) is 5. The van der Waals surface area contributed by atoms with Crippen LogP contribution in [0.1, 0.15) is 36.9 Å². The van der Waals surface area contributed by atoms with Crippen LogP contribution >= 0.6 is 22.9 Å². The highest BCUT2D eigenvalue weighted by Gasteiger charge is 2.54. The Labute approximate surface area is 245 Å². The van der Waals surface area contributed by atoms with E-state index >= 15 is 0 Å². The number of methoxy groups -OCH3 is 1. The van der Waals surface area contributed by atoms with Crippen molar-refractivity contribution in [1.82, 2.24) is 25.0 Å². The molecule has 0 radical (unpaired) electrons. The molecule has 14 heteroatoms. The molecule has 0 bridgehead atoms. The van der Waals surface area contributed by atoms with Crippen molar-refractivity contribution in [3.63, 3.8) is 0 Å². The van der Waals surface area contributed by atoms with Crippen molar-refractivity contribution in [1.29, 1.82) is 0 Å². The highest BCUT2D eigenvalue weighted by atomic mass is 35.5. The number of nitrogens with one attached hydrogen (secondary N) is 1. The molecule has 218 valence electrons. The summed E-state index contributed by atoms with van der Waals surface area (Å²) in [6.45, 7) is 5.35. The molecule has 3 aliphatic heterocycles. The van der Waals surface area contributed by atoms with E-state index in [4.69, 9.17) is 21.3 Å². The number of hydrogen-bond acceptors (Lipinski definition) is 9. The van der Waals surface area contributed by atoms with Gasteiger partial charge in [-0.25, -0.2) is 19.0 Å². The highest BCUT2D eigenvalue weighted by molar-refractivity contribution is 7.11. The summed E-state index contributed by atoms with van der Waals surface area (Å²) in [4.78, 5) is 52.9. The lowest BCUT2D eigenvalue weighted by atomic mass is 9.90. The van der Waals surface area contributed by atoms with Crippen LogP contribution in [0.15, 0.2) is 46.0 Å². The first kappa shape index (κ1) is 29.0. The van der Waals surface area contributed by atoms with Gasteiger partial charge in [0.25, 0.3) is 0 Å². The first-order chi connectivity index (χ1) is 19.5. The molecule has 2 saturated heterocycles. The number of aromatic nitrogens is 1. The number of rotatable bonds is 8. The number of carboxylic acid groups (broad SMARTS) is 1. The van der Waals surface area contributed by atoms with E-state index in [9.17, 15) is 23.9 Å². The lowest BCUT2D eigenvalue weighted by Gasteiger charge is -2.45. The second-order valence-electron chi connectivity index (χ2n) is 10.6. The molecule has 2 fully saturated rings. The average molecular weight is 605 g/mol. The molecule has 3 aliphatic rings. The molecule has 0 saturated carbocycles. The fourth-order valence-electron chi connectivity index (χ4n) is 5.75. The van der Waals surface area contributed by atoms with Crippen LogP contribution in [0.3, 0.4) is 0 Å². The maximum absolute atomic E-state index is 13.9. The molecule has 4 heterocycles. The molecule has 41 heavy (non-hydrogen) atoms. The number of halogens is 2. The summed E-state index contributed by atoms with van der Waals surface area (Å²) in [5.41, 5.74) is 0.161. The minimum absolute atomic E-state index is 0.0841. The first-order valence-electron chi connectivity index (χ1n) is 13.1. The van der Waals surface area contributed by atoms with Crippen molar-refractivity contribution in [2.24, 2.45) is 4.99 Å². The number of ether oxygens (including phenoxy) is 1. The zero-order valence-electron chi connectivity index (χ0n) is 22.8. The molecule has 0 spiro atoms. The normalized spacial score (nSPS) is 23.0. The van der Waals surface area contributed by atoms with Crippen LogP contribution in [0, 0.1) is 5.82 Å². The van der Waals surface area contributed by atoms with Crippen molar-refractivity contribution >= 4 is 46.7 Å². The molecule has 2 amide bonds. The van der Waals surface area contributed by atoms with Gasteiger partial charge in [-0.3, -0.25) is 14.7 Å². The van der Waals surface area contributed by atoms with Gasteiger partial charge in [0, 0.05) is 66.6 Å². The number of amidine groups is 1. The number of benzene rings is 1. The van der Waals surface area contributed by atoms with Crippen molar-refractivity contribution in [3.8, 4) is 0 Å². The van der Waals surface area contributed by atoms with E-state index in [1.165, 1.54) is 36.6 Å². The number of carbonyl (C=O) groups is 3. The largest absolute Gasteiger partial charge is 0.481 e. The quantitative estimate of drug-likeness (QED) is 0.440. The van der Waals surface area contributed by atoms with Crippen molar-refractivity contribution in [2.75, 3.05) is 39.8 Å². The number of amides is 2. The van der Waals surface area contributed by atoms with E-state index in [0.717, 1.165) is 0 Å². The van der Waals surface area contributed by atoms with Gasteiger partial charge in [0.2, 0.25) is 0 Å². The van der Waals surface area contributed by atoms with E-state index < -0.39 is 29.3 Å². The van der Waals surface area contributed by atoms with Crippen molar-refractivity contribution in [2.45, 2.75) is 37.9 Å². The fourth-order valence-corrected chi connectivity index (χ4v) is 6.61. The predicted octanol–water partition coefficient (Wildman–Crippen LogP) is 3.13. The topological polar surface area (TPSA) is 128 Å². The standard InChI is InChI=1S/C27H30ClFN6O5S/c1-15(2)34-14-27(11-20(36)37)13-33(7-8-35(27)26(34)39)12-19-21(25(38)40-3)22(17-5-4-16(29)10-18(17)28)32-23(31-19)24-30-6-9-41-24/h4-6,9-10,15,22H,7-8,11-14H2,1-3H3,(H,31,32)(H,36,37)/t22-,27-/m0/s1. The van der Waals surface area contributed by atoms with E-state index in [-0.39, 0.29) is 48.7 Å². The van der Waals surface area contributed by atoms with Crippen LogP contribution in [0.2, 0.25) is 5.02 Å². The number of fused-ring (bicyclic) bond motifs is 1. The molecule has 5 rings (SSSR count).